The Labute approximate surface area is 126 Å². The van der Waals surface area contributed by atoms with Crippen LogP contribution in [0.15, 0.2) is 18.2 Å². The molecule has 0 amide bonds. The van der Waals surface area contributed by atoms with Crippen LogP contribution in [0.5, 0.6) is 0 Å². The molecule has 0 radical (unpaired) electrons. The van der Waals surface area contributed by atoms with E-state index in [-0.39, 0.29) is 6.04 Å². The van der Waals surface area contributed by atoms with Crippen LogP contribution in [-0.4, -0.2) is 11.5 Å². The maximum absolute atomic E-state index is 4.76. The number of hydrogen-bond donors (Lipinski definition) is 1. The minimum atomic E-state index is 0.214. The molecule has 3 heteroatoms. The molecule has 0 bridgehead atoms. The molecule has 20 heavy (non-hydrogen) atoms. The third-order valence-corrected chi connectivity index (χ3v) is 4.61. The van der Waals surface area contributed by atoms with Crippen molar-refractivity contribution in [1.82, 2.24) is 10.3 Å². The van der Waals surface area contributed by atoms with Gasteiger partial charge < -0.3 is 5.32 Å². The summed E-state index contributed by atoms with van der Waals surface area (Å²) in [5.41, 5.74) is 5.10. The molecule has 1 atom stereocenters. The first-order valence-electron chi connectivity index (χ1n) is 7.26. The van der Waals surface area contributed by atoms with Crippen LogP contribution in [0.4, 0.5) is 0 Å². The molecular formula is C17H24N2S. The molecular weight excluding hydrogens is 264 g/mol. The Bertz CT molecular complexity index is 547. The largest absolute Gasteiger partial charge is 0.304 e. The van der Waals surface area contributed by atoms with Crippen LogP contribution in [0.1, 0.15) is 51.7 Å². The van der Waals surface area contributed by atoms with Gasteiger partial charge in [-0.05, 0) is 46.2 Å². The Kier molecular flexibility index (Phi) is 4.95. The second-order valence-corrected chi connectivity index (χ2v) is 6.74. The Morgan fingerprint density at radius 2 is 1.75 bits per heavy atom. The van der Waals surface area contributed by atoms with Gasteiger partial charge in [0.2, 0.25) is 0 Å². The van der Waals surface area contributed by atoms with Crippen molar-refractivity contribution >= 4 is 11.3 Å². The van der Waals surface area contributed by atoms with Crippen LogP contribution >= 0.6 is 11.3 Å². The summed E-state index contributed by atoms with van der Waals surface area (Å²) in [5, 5.41) is 4.82. The van der Waals surface area contributed by atoms with E-state index in [9.17, 15) is 0 Å². The van der Waals surface area contributed by atoms with E-state index in [1.54, 1.807) is 11.3 Å². The highest BCUT2D eigenvalue weighted by molar-refractivity contribution is 7.11. The topological polar surface area (TPSA) is 24.9 Å². The fourth-order valence-corrected chi connectivity index (χ4v) is 3.46. The second-order valence-electron chi connectivity index (χ2n) is 5.50. The smallest absolute Gasteiger partial charge is 0.115 e. The molecule has 0 saturated heterocycles. The number of nitrogens with one attached hydrogen (secondary N) is 1. The fraction of sp³-hybridized carbons (Fsp3) is 0.471. The SMILES string of the molecule is CCCNC(c1cc(C)cc(C)c1)c1nc(C)c(C)s1. The van der Waals surface area contributed by atoms with Crippen LogP contribution in [-0.2, 0) is 0 Å². The Hall–Kier alpha value is -1.19. The Morgan fingerprint density at radius 3 is 2.25 bits per heavy atom. The van der Waals surface area contributed by atoms with Crippen LogP contribution in [0.2, 0.25) is 0 Å². The summed E-state index contributed by atoms with van der Waals surface area (Å²) in [5.74, 6) is 0. The predicted molar refractivity (Wildman–Crippen MR) is 87.6 cm³/mol. The van der Waals surface area contributed by atoms with Crippen molar-refractivity contribution in [2.45, 2.75) is 47.1 Å². The highest BCUT2D eigenvalue weighted by Crippen LogP contribution is 2.29. The highest BCUT2D eigenvalue weighted by Gasteiger charge is 2.18. The van der Waals surface area contributed by atoms with Gasteiger partial charge in [0.15, 0.2) is 0 Å². The lowest BCUT2D eigenvalue weighted by molar-refractivity contribution is 0.594. The number of benzene rings is 1. The van der Waals surface area contributed by atoms with E-state index in [2.05, 4.69) is 58.1 Å². The van der Waals surface area contributed by atoms with E-state index in [0.29, 0.717) is 0 Å². The number of hydrogen-bond acceptors (Lipinski definition) is 3. The summed E-state index contributed by atoms with van der Waals surface area (Å²) < 4.78 is 0. The van der Waals surface area contributed by atoms with Crippen molar-refractivity contribution in [3.8, 4) is 0 Å². The highest BCUT2D eigenvalue weighted by atomic mass is 32.1. The summed E-state index contributed by atoms with van der Waals surface area (Å²) >= 11 is 1.81. The Balaban J connectivity index is 2.40. The maximum atomic E-state index is 4.76. The summed E-state index contributed by atoms with van der Waals surface area (Å²) in [7, 11) is 0. The van der Waals surface area contributed by atoms with Gasteiger partial charge in [-0.2, -0.15) is 0 Å². The first kappa shape index (κ1) is 15.2. The third kappa shape index (κ3) is 3.47. The van der Waals surface area contributed by atoms with Crippen molar-refractivity contribution < 1.29 is 0 Å². The van der Waals surface area contributed by atoms with Crippen molar-refractivity contribution in [3.05, 3.63) is 50.5 Å². The zero-order valence-electron chi connectivity index (χ0n) is 13.1. The Morgan fingerprint density at radius 1 is 1.10 bits per heavy atom. The number of aryl methyl sites for hydroxylation is 4. The van der Waals surface area contributed by atoms with Gasteiger partial charge in [-0.15, -0.1) is 11.3 Å². The molecule has 1 N–H and O–H groups in total. The number of aromatic nitrogens is 1. The predicted octanol–water partition coefficient (Wildman–Crippen LogP) is 4.47. The molecule has 1 heterocycles. The molecule has 2 aromatic rings. The van der Waals surface area contributed by atoms with E-state index in [1.807, 2.05) is 0 Å². The van der Waals surface area contributed by atoms with E-state index in [0.717, 1.165) is 18.7 Å². The molecule has 0 saturated carbocycles. The van der Waals surface area contributed by atoms with E-state index < -0.39 is 0 Å². The van der Waals surface area contributed by atoms with Gasteiger partial charge in [0.25, 0.3) is 0 Å². The van der Waals surface area contributed by atoms with Crippen LogP contribution in [0.3, 0.4) is 0 Å². The van der Waals surface area contributed by atoms with Crippen molar-refractivity contribution in [2.75, 3.05) is 6.54 Å². The van der Waals surface area contributed by atoms with Crippen LogP contribution < -0.4 is 5.32 Å². The monoisotopic (exact) mass is 288 g/mol. The molecule has 0 spiro atoms. The average Bonchev–Trinajstić information content (AvgIpc) is 2.69. The summed E-state index contributed by atoms with van der Waals surface area (Å²) in [6.45, 7) is 11.8. The maximum Gasteiger partial charge on any atom is 0.115 e. The molecule has 0 aliphatic carbocycles. The van der Waals surface area contributed by atoms with Crippen LogP contribution in [0.25, 0.3) is 0 Å². The quantitative estimate of drug-likeness (QED) is 0.878. The molecule has 108 valence electrons. The number of nitrogens with zero attached hydrogens (tertiary/aromatic N) is 1. The first-order chi connectivity index (χ1) is 9.51. The summed E-state index contributed by atoms with van der Waals surface area (Å²) in [6, 6.07) is 6.98. The van der Waals surface area contributed by atoms with Gasteiger partial charge in [-0.3, -0.25) is 0 Å². The van der Waals surface area contributed by atoms with Gasteiger partial charge in [0, 0.05) is 4.88 Å². The van der Waals surface area contributed by atoms with E-state index in [1.165, 1.54) is 26.6 Å². The molecule has 2 nitrogen and oxygen atoms in total. The second kappa shape index (κ2) is 6.51. The van der Waals surface area contributed by atoms with Crippen molar-refractivity contribution in [3.63, 3.8) is 0 Å². The van der Waals surface area contributed by atoms with Gasteiger partial charge in [0.1, 0.15) is 5.01 Å². The molecule has 2 rings (SSSR count). The minimum absolute atomic E-state index is 0.214. The van der Waals surface area contributed by atoms with Crippen molar-refractivity contribution in [2.24, 2.45) is 0 Å². The molecule has 1 unspecified atom stereocenters. The molecule has 0 fully saturated rings. The molecule has 0 aliphatic heterocycles. The zero-order chi connectivity index (χ0) is 14.7. The lowest BCUT2D eigenvalue weighted by Gasteiger charge is -2.18. The molecule has 1 aromatic heterocycles. The number of rotatable bonds is 5. The van der Waals surface area contributed by atoms with Crippen molar-refractivity contribution in [1.29, 1.82) is 0 Å². The fourth-order valence-electron chi connectivity index (χ4n) is 2.43. The van der Waals surface area contributed by atoms with Gasteiger partial charge in [0.05, 0.1) is 11.7 Å². The third-order valence-electron chi connectivity index (χ3n) is 3.47. The lowest BCUT2D eigenvalue weighted by atomic mass is 10.0. The van der Waals surface area contributed by atoms with E-state index in [4.69, 9.17) is 4.98 Å². The van der Waals surface area contributed by atoms with Gasteiger partial charge in [-0.1, -0.05) is 36.2 Å². The minimum Gasteiger partial charge on any atom is -0.304 e. The van der Waals surface area contributed by atoms with Crippen LogP contribution in [0, 0.1) is 27.7 Å². The molecule has 0 aliphatic rings. The lowest BCUT2D eigenvalue weighted by Crippen LogP contribution is -2.23. The zero-order valence-corrected chi connectivity index (χ0v) is 13.9. The van der Waals surface area contributed by atoms with E-state index >= 15 is 0 Å². The summed E-state index contributed by atoms with van der Waals surface area (Å²) in [6.07, 6.45) is 1.13. The standard InChI is InChI=1S/C17H24N2S/c1-6-7-18-16(17-19-13(4)14(5)20-17)15-9-11(2)8-12(3)10-15/h8-10,16,18H,6-7H2,1-5H3. The number of thiazole rings is 1. The van der Waals surface area contributed by atoms with Gasteiger partial charge in [-0.25, -0.2) is 4.98 Å². The normalized spacial score (nSPS) is 12.7. The first-order valence-corrected chi connectivity index (χ1v) is 8.08. The molecule has 1 aromatic carbocycles. The average molecular weight is 288 g/mol. The van der Waals surface area contributed by atoms with Gasteiger partial charge >= 0.3 is 0 Å². The summed E-state index contributed by atoms with van der Waals surface area (Å²) in [4.78, 5) is 6.07.